The normalized spacial score (nSPS) is 22.5. The summed E-state index contributed by atoms with van der Waals surface area (Å²) < 4.78 is 24.9. The van der Waals surface area contributed by atoms with E-state index in [2.05, 4.69) is 10.3 Å². The topological polar surface area (TPSA) is 296 Å². The van der Waals surface area contributed by atoms with Crippen LogP contribution in [0.3, 0.4) is 0 Å². The van der Waals surface area contributed by atoms with Gasteiger partial charge in [0.1, 0.15) is 53.6 Å². The summed E-state index contributed by atoms with van der Waals surface area (Å²) >= 11 is 0. The first-order valence-corrected chi connectivity index (χ1v) is 21.9. The van der Waals surface area contributed by atoms with Crippen molar-refractivity contribution in [3.63, 3.8) is 0 Å². The number of carboxylic acid groups (broad SMARTS) is 1. The zero-order chi connectivity index (χ0) is 47.8. The summed E-state index contributed by atoms with van der Waals surface area (Å²) in [6, 6.07) is 17.2. The van der Waals surface area contributed by atoms with Crippen LogP contribution >= 0.6 is 0 Å². The lowest BCUT2D eigenvalue weighted by Gasteiger charge is -2.46. The minimum absolute atomic E-state index is 0.00567. The Kier molecular flexibility index (Phi) is 13.5. The third-order valence-electron chi connectivity index (χ3n) is 12.4. The van der Waals surface area contributed by atoms with Crippen LogP contribution in [0.5, 0.6) is 11.5 Å². The maximum atomic E-state index is 13.9. The molecule has 8 unspecified atom stereocenters. The summed E-state index contributed by atoms with van der Waals surface area (Å²) in [6.45, 7) is 1.55. The molecule has 3 aromatic carbocycles. The number of carboxylic acids is 1. The Morgan fingerprint density at radius 1 is 0.940 bits per heavy atom. The van der Waals surface area contributed by atoms with Crippen molar-refractivity contribution in [2.24, 2.45) is 5.92 Å². The Bertz CT molecular complexity index is 2780. The molecule has 0 spiro atoms. The van der Waals surface area contributed by atoms with Gasteiger partial charge < -0.3 is 69.3 Å². The van der Waals surface area contributed by atoms with E-state index in [0.717, 1.165) is 30.4 Å². The highest BCUT2D eigenvalue weighted by Crippen LogP contribution is 2.37. The Morgan fingerprint density at radius 3 is 2.33 bits per heavy atom. The number of aliphatic hydroxyl groups is 6. The predicted octanol–water partition coefficient (Wildman–Crippen LogP) is 2.97. The molecule has 1 saturated heterocycles. The van der Waals surface area contributed by atoms with E-state index in [1.807, 2.05) is 32.0 Å². The number of phenolic OH excluding ortho intramolecular Hbond substituents is 1. The van der Waals surface area contributed by atoms with Crippen LogP contribution in [0, 0.1) is 19.8 Å². The van der Waals surface area contributed by atoms with Gasteiger partial charge >= 0.3 is 11.9 Å². The van der Waals surface area contributed by atoms with Gasteiger partial charge in [-0.05, 0) is 74.7 Å². The van der Waals surface area contributed by atoms with Gasteiger partial charge in [0, 0.05) is 42.3 Å². The molecule has 1 saturated carbocycles. The molecule has 4 heterocycles. The summed E-state index contributed by atoms with van der Waals surface area (Å²) in [5, 5.41) is 91.6. The SMILES string of the molecule is Cc1cc(C)cc(-c2c3[nH]ccc3cn2OC2C(Oc3ccc4c(=O)c(-c5ccc(O)cc5)coc4c3)OC(C(O)(CO)OC(=O)C(C(=O)O)C(O)(CCO)NC3CCCCC3)C(O)C2O)c1. The van der Waals surface area contributed by atoms with Crippen LogP contribution in [0.2, 0.25) is 0 Å². The number of H-pyrrole nitrogens is 1. The van der Waals surface area contributed by atoms with Crippen LogP contribution < -0.4 is 20.3 Å². The van der Waals surface area contributed by atoms with Crippen LogP contribution in [0.15, 0.2) is 94.6 Å². The zero-order valence-corrected chi connectivity index (χ0v) is 36.6. The van der Waals surface area contributed by atoms with Gasteiger partial charge in [-0.1, -0.05) is 48.6 Å². The molecular weight excluding hydrogens is 875 g/mol. The molecule has 1 aliphatic carbocycles. The summed E-state index contributed by atoms with van der Waals surface area (Å²) in [5.74, 6) is -9.53. The molecular formula is C48H53N3O16. The van der Waals surface area contributed by atoms with Gasteiger partial charge in [0.2, 0.25) is 12.4 Å². The lowest BCUT2D eigenvalue weighted by atomic mass is 9.88. The first kappa shape index (κ1) is 47.2. The molecule has 0 radical (unpaired) electrons. The van der Waals surface area contributed by atoms with E-state index >= 15 is 0 Å². The summed E-state index contributed by atoms with van der Waals surface area (Å²) in [7, 11) is 0. The lowest BCUT2D eigenvalue weighted by Crippen LogP contribution is -2.70. The number of aliphatic carboxylic acids is 1. The summed E-state index contributed by atoms with van der Waals surface area (Å²) in [6.07, 6.45) is -2.78. The smallest absolute Gasteiger partial charge is 0.327 e. The first-order valence-electron chi connectivity index (χ1n) is 21.9. The molecule has 1 aliphatic heterocycles. The van der Waals surface area contributed by atoms with Crippen LogP contribution in [-0.2, 0) is 19.1 Å². The fourth-order valence-corrected chi connectivity index (χ4v) is 9.15. The maximum Gasteiger partial charge on any atom is 0.327 e. The highest BCUT2D eigenvalue weighted by molar-refractivity contribution is 5.96. The van der Waals surface area contributed by atoms with Gasteiger partial charge in [-0.3, -0.25) is 19.7 Å². The zero-order valence-electron chi connectivity index (χ0n) is 36.6. The molecule has 8 rings (SSSR count). The number of carbonyl (C=O) groups excluding carboxylic acids is 1. The molecule has 2 aliphatic rings. The van der Waals surface area contributed by atoms with Gasteiger partial charge in [-0.2, -0.15) is 4.73 Å². The van der Waals surface area contributed by atoms with Crippen molar-refractivity contribution in [3.8, 4) is 33.9 Å². The number of benzene rings is 3. The number of esters is 1. The van der Waals surface area contributed by atoms with Crippen molar-refractivity contribution >= 4 is 33.8 Å². The molecule has 67 heavy (non-hydrogen) atoms. The van der Waals surface area contributed by atoms with Crippen molar-refractivity contribution in [1.29, 1.82) is 0 Å². The minimum atomic E-state index is -3.32. The van der Waals surface area contributed by atoms with Crippen molar-refractivity contribution in [2.45, 2.75) is 101 Å². The number of carbonyl (C=O) groups is 2. The average molecular weight is 928 g/mol. The molecule has 2 fully saturated rings. The number of hydrogen-bond donors (Lipinski definition) is 10. The van der Waals surface area contributed by atoms with Gasteiger partial charge in [0.25, 0.3) is 5.79 Å². The van der Waals surface area contributed by atoms with E-state index in [-0.39, 0.29) is 28.0 Å². The average Bonchev–Trinajstić information content (AvgIpc) is 3.88. The monoisotopic (exact) mass is 927 g/mol. The molecule has 3 aromatic heterocycles. The Labute approximate surface area is 382 Å². The fraction of sp³-hybridized carbons (Fsp3) is 0.396. The second kappa shape index (κ2) is 19.1. The highest BCUT2D eigenvalue weighted by Gasteiger charge is 2.59. The number of nitrogens with zero attached hydrogens (tertiary/aromatic N) is 1. The quantitative estimate of drug-likeness (QED) is 0.0379. The third kappa shape index (κ3) is 9.50. The van der Waals surface area contributed by atoms with Crippen molar-refractivity contribution < 1.29 is 73.9 Å². The maximum absolute atomic E-state index is 13.9. The Hall–Kier alpha value is -6.29. The number of nitrogens with one attached hydrogen (secondary N) is 2. The first-order chi connectivity index (χ1) is 32.0. The van der Waals surface area contributed by atoms with Crippen LogP contribution in [0.4, 0.5) is 0 Å². The molecule has 10 N–H and O–H groups in total. The van der Waals surface area contributed by atoms with Crippen molar-refractivity contribution in [2.75, 3.05) is 13.2 Å². The van der Waals surface area contributed by atoms with E-state index in [1.165, 1.54) is 41.3 Å². The summed E-state index contributed by atoms with van der Waals surface area (Å²) in [5.41, 5.74) is 1.45. The van der Waals surface area contributed by atoms with Crippen LogP contribution in [0.1, 0.15) is 49.7 Å². The Balaban J connectivity index is 1.15. The number of aromatic nitrogens is 2. The standard InChI is InChI=1S/C48H53N3O16/c1-25-18-26(2)20-29(19-25)38-37-28(14-16-49-37)22-51(38)67-42-40(56)41(57)43(48(62,24-53)66-45(60)36(44(58)59)47(61,15-17-52)50-30-6-4-3-5-7-30)65-46(42)64-32-12-13-33-35(21-32)63-23-34(39(33)55)27-8-10-31(54)11-9-27/h8-14,16,18-23,30,36,40-43,46,49-50,52-54,56-57,61-62H,3-7,15,17,24H2,1-2H3,(H,58,59). The third-order valence-corrected chi connectivity index (χ3v) is 12.4. The predicted molar refractivity (Wildman–Crippen MR) is 238 cm³/mol. The second-order valence-electron chi connectivity index (χ2n) is 17.3. The van der Waals surface area contributed by atoms with Crippen molar-refractivity contribution in [1.82, 2.24) is 15.0 Å². The van der Waals surface area contributed by atoms with Gasteiger partial charge in [-0.15, -0.1) is 0 Å². The minimum Gasteiger partial charge on any atom is -0.508 e. The summed E-state index contributed by atoms with van der Waals surface area (Å²) in [4.78, 5) is 49.9. The van der Waals surface area contributed by atoms with E-state index in [0.29, 0.717) is 40.6 Å². The van der Waals surface area contributed by atoms with Crippen molar-refractivity contribution in [3.05, 3.63) is 107 Å². The molecule has 6 aromatic rings. The number of aryl methyl sites for hydroxylation is 2. The number of fused-ring (bicyclic) bond motifs is 2. The number of aliphatic hydroxyl groups excluding tert-OH is 4. The van der Waals surface area contributed by atoms with Crippen LogP contribution in [-0.4, -0.2) is 124 Å². The lowest BCUT2D eigenvalue weighted by molar-refractivity contribution is -0.356. The van der Waals surface area contributed by atoms with Gasteiger partial charge in [-0.25, -0.2) is 0 Å². The number of rotatable bonds is 16. The molecule has 0 bridgehead atoms. The molecule has 8 atom stereocenters. The molecule has 356 valence electrons. The van der Waals surface area contributed by atoms with E-state index in [9.17, 15) is 55.2 Å². The van der Waals surface area contributed by atoms with E-state index in [1.54, 1.807) is 30.6 Å². The molecule has 0 amide bonds. The molecule has 19 nitrogen and oxygen atoms in total. The van der Waals surface area contributed by atoms with Gasteiger partial charge in [0.05, 0.1) is 22.7 Å². The number of aromatic hydroxyl groups is 1. The van der Waals surface area contributed by atoms with Gasteiger partial charge in [0.15, 0.2) is 17.5 Å². The Morgan fingerprint density at radius 2 is 1.66 bits per heavy atom. The van der Waals surface area contributed by atoms with E-state index in [4.69, 9.17) is 23.5 Å². The fourth-order valence-electron chi connectivity index (χ4n) is 9.15. The number of hydrogen-bond acceptors (Lipinski definition) is 16. The largest absolute Gasteiger partial charge is 0.508 e. The molecule has 19 heteroatoms. The number of phenols is 1. The van der Waals surface area contributed by atoms with Crippen LogP contribution in [0.25, 0.3) is 44.3 Å². The second-order valence-corrected chi connectivity index (χ2v) is 17.3. The van der Waals surface area contributed by atoms with E-state index < -0.39 is 91.2 Å². The highest BCUT2D eigenvalue weighted by atomic mass is 16.8. The number of aromatic amines is 1. The number of ether oxygens (including phenoxy) is 3.